The Bertz CT molecular complexity index is 840. The molecule has 1 atom stereocenters. The lowest BCUT2D eigenvalue weighted by Crippen LogP contribution is -2.21. The SMILES string of the molecule is CCC(C)OC(=O)C(=CNc1cc(C)nn1-c1ccc(OC)cc1)C(=O)O. The molecule has 0 spiro atoms. The number of aromatic nitrogens is 2. The molecule has 1 aromatic carbocycles. The highest BCUT2D eigenvalue weighted by Crippen LogP contribution is 2.20. The van der Waals surface area contributed by atoms with Gasteiger partial charge in [0.25, 0.3) is 0 Å². The number of carbonyl (C=O) groups excluding carboxylic acids is 1. The summed E-state index contributed by atoms with van der Waals surface area (Å²) in [5, 5.41) is 16.5. The molecule has 1 unspecified atom stereocenters. The highest BCUT2D eigenvalue weighted by atomic mass is 16.5. The van der Waals surface area contributed by atoms with Crippen molar-refractivity contribution >= 4 is 17.8 Å². The molecule has 2 N–H and O–H groups in total. The van der Waals surface area contributed by atoms with Gasteiger partial charge in [0.1, 0.15) is 11.6 Å². The number of hydrogen-bond donors (Lipinski definition) is 2. The Balaban J connectivity index is 2.28. The number of aliphatic carboxylic acids is 1. The maximum Gasteiger partial charge on any atom is 0.347 e. The van der Waals surface area contributed by atoms with Gasteiger partial charge in [-0.25, -0.2) is 14.3 Å². The molecule has 1 heterocycles. The molecule has 0 aliphatic carbocycles. The van der Waals surface area contributed by atoms with Crippen LogP contribution in [0.15, 0.2) is 42.1 Å². The van der Waals surface area contributed by atoms with Crippen molar-refractivity contribution in [2.75, 3.05) is 12.4 Å². The van der Waals surface area contributed by atoms with Gasteiger partial charge >= 0.3 is 11.9 Å². The molecule has 2 rings (SSSR count). The minimum Gasteiger partial charge on any atom is -0.497 e. The quantitative estimate of drug-likeness (QED) is 0.317. The van der Waals surface area contributed by atoms with E-state index in [-0.39, 0.29) is 6.10 Å². The van der Waals surface area contributed by atoms with E-state index in [4.69, 9.17) is 9.47 Å². The van der Waals surface area contributed by atoms with Crippen LogP contribution in [-0.4, -0.2) is 40.0 Å². The highest BCUT2D eigenvalue weighted by molar-refractivity contribution is 6.13. The molecular weight excluding hydrogens is 350 g/mol. The first-order chi connectivity index (χ1) is 12.8. The standard InChI is InChI=1S/C19H23N3O5/c1-5-13(3)27-19(25)16(18(23)24)11-20-17-10-12(2)21-22(17)14-6-8-15(26-4)9-7-14/h6-11,13,20H,5H2,1-4H3,(H,23,24). The number of esters is 1. The van der Waals surface area contributed by atoms with Crippen molar-refractivity contribution in [3.8, 4) is 11.4 Å². The first-order valence-corrected chi connectivity index (χ1v) is 8.47. The van der Waals surface area contributed by atoms with Crippen molar-refractivity contribution in [1.82, 2.24) is 9.78 Å². The second-order valence-electron chi connectivity index (χ2n) is 5.91. The van der Waals surface area contributed by atoms with Gasteiger partial charge in [0.2, 0.25) is 0 Å². The van der Waals surface area contributed by atoms with E-state index in [1.54, 1.807) is 36.9 Å². The van der Waals surface area contributed by atoms with E-state index in [2.05, 4.69) is 10.4 Å². The zero-order chi connectivity index (χ0) is 20.0. The number of hydrogen-bond acceptors (Lipinski definition) is 6. The van der Waals surface area contributed by atoms with Crippen molar-refractivity contribution < 1.29 is 24.2 Å². The van der Waals surface area contributed by atoms with E-state index in [0.29, 0.717) is 18.0 Å². The summed E-state index contributed by atoms with van der Waals surface area (Å²) in [4.78, 5) is 23.5. The third-order valence-corrected chi connectivity index (χ3v) is 3.85. The lowest BCUT2D eigenvalue weighted by molar-refractivity contribution is -0.147. The number of benzene rings is 1. The van der Waals surface area contributed by atoms with E-state index in [1.165, 1.54) is 0 Å². The largest absolute Gasteiger partial charge is 0.497 e. The van der Waals surface area contributed by atoms with Gasteiger partial charge in [-0.1, -0.05) is 6.92 Å². The van der Waals surface area contributed by atoms with Crippen molar-refractivity contribution in [3.05, 3.63) is 47.8 Å². The highest BCUT2D eigenvalue weighted by Gasteiger charge is 2.21. The van der Waals surface area contributed by atoms with Crippen molar-refractivity contribution in [1.29, 1.82) is 0 Å². The Labute approximate surface area is 157 Å². The van der Waals surface area contributed by atoms with Crippen LogP contribution in [0, 0.1) is 6.92 Å². The molecule has 27 heavy (non-hydrogen) atoms. The zero-order valence-corrected chi connectivity index (χ0v) is 15.7. The number of aryl methyl sites for hydroxylation is 1. The van der Waals surface area contributed by atoms with Crippen LogP contribution >= 0.6 is 0 Å². The fourth-order valence-corrected chi connectivity index (χ4v) is 2.21. The van der Waals surface area contributed by atoms with Crippen LogP contribution < -0.4 is 10.1 Å². The normalized spacial score (nSPS) is 12.4. The van der Waals surface area contributed by atoms with Crippen LogP contribution in [0.25, 0.3) is 5.69 Å². The third kappa shape index (κ3) is 5.10. The minimum atomic E-state index is -1.37. The number of nitrogens with zero attached hydrogens (tertiary/aromatic N) is 2. The van der Waals surface area contributed by atoms with Crippen LogP contribution in [0.4, 0.5) is 5.82 Å². The van der Waals surface area contributed by atoms with Gasteiger partial charge in [-0.3, -0.25) is 0 Å². The lowest BCUT2D eigenvalue weighted by Gasteiger charge is -2.12. The molecule has 8 nitrogen and oxygen atoms in total. The van der Waals surface area contributed by atoms with Gasteiger partial charge in [0.15, 0.2) is 5.57 Å². The zero-order valence-electron chi connectivity index (χ0n) is 15.7. The van der Waals surface area contributed by atoms with Gasteiger partial charge < -0.3 is 19.9 Å². The molecule has 8 heteroatoms. The second-order valence-corrected chi connectivity index (χ2v) is 5.91. The number of rotatable bonds is 8. The number of carboxylic acid groups (broad SMARTS) is 1. The van der Waals surface area contributed by atoms with Crippen LogP contribution in [0.2, 0.25) is 0 Å². The van der Waals surface area contributed by atoms with Crippen LogP contribution in [-0.2, 0) is 14.3 Å². The summed E-state index contributed by atoms with van der Waals surface area (Å²) < 4.78 is 11.8. The number of carbonyl (C=O) groups is 2. The molecule has 0 bridgehead atoms. The van der Waals surface area contributed by atoms with E-state index in [0.717, 1.165) is 17.6 Å². The van der Waals surface area contributed by atoms with Crippen molar-refractivity contribution in [2.24, 2.45) is 0 Å². The number of methoxy groups -OCH3 is 1. The maximum atomic E-state index is 12.1. The van der Waals surface area contributed by atoms with Gasteiger partial charge in [-0.2, -0.15) is 5.10 Å². The average molecular weight is 373 g/mol. The Hall–Kier alpha value is -3.29. The summed E-state index contributed by atoms with van der Waals surface area (Å²) in [5.74, 6) is -1.05. The van der Waals surface area contributed by atoms with Gasteiger partial charge in [-0.05, 0) is 44.5 Å². The second kappa shape index (κ2) is 8.88. The smallest absolute Gasteiger partial charge is 0.347 e. The van der Waals surface area contributed by atoms with E-state index in [9.17, 15) is 14.7 Å². The number of carboxylic acids is 1. The number of ether oxygens (including phenoxy) is 2. The summed E-state index contributed by atoms with van der Waals surface area (Å²) in [6.07, 6.45) is 1.34. The summed E-state index contributed by atoms with van der Waals surface area (Å²) >= 11 is 0. The van der Waals surface area contributed by atoms with E-state index in [1.807, 2.05) is 26.0 Å². The molecule has 0 saturated carbocycles. The fraction of sp³-hybridized carbons (Fsp3) is 0.316. The minimum absolute atomic E-state index is 0.368. The third-order valence-electron chi connectivity index (χ3n) is 3.85. The van der Waals surface area contributed by atoms with Crippen molar-refractivity contribution in [3.63, 3.8) is 0 Å². The Morgan fingerprint density at radius 2 is 2.00 bits per heavy atom. The molecule has 0 saturated heterocycles. The monoisotopic (exact) mass is 373 g/mol. The fourth-order valence-electron chi connectivity index (χ4n) is 2.21. The topological polar surface area (TPSA) is 103 Å². The van der Waals surface area contributed by atoms with Crippen LogP contribution in [0.5, 0.6) is 5.75 Å². The molecular formula is C19H23N3O5. The summed E-state index contributed by atoms with van der Waals surface area (Å²) in [6, 6.07) is 8.95. The van der Waals surface area contributed by atoms with Crippen molar-refractivity contribution in [2.45, 2.75) is 33.3 Å². The Morgan fingerprint density at radius 1 is 1.33 bits per heavy atom. The van der Waals surface area contributed by atoms with Crippen LogP contribution in [0.3, 0.4) is 0 Å². The molecule has 2 aromatic rings. The summed E-state index contributed by atoms with van der Waals surface area (Å²) in [7, 11) is 1.58. The molecule has 0 aliphatic rings. The number of nitrogens with one attached hydrogen (secondary N) is 1. The summed E-state index contributed by atoms with van der Waals surface area (Å²) in [6.45, 7) is 5.35. The van der Waals surface area contributed by atoms with E-state index >= 15 is 0 Å². The molecule has 0 aliphatic heterocycles. The number of anilines is 1. The predicted octanol–water partition coefficient (Wildman–Crippen LogP) is 2.91. The van der Waals surface area contributed by atoms with Crippen LogP contribution in [0.1, 0.15) is 26.0 Å². The Morgan fingerprint density at radius 3 is 2.56 bits per heavy atom. The summed E-state index contributed by atoms with van der Waals surface area (Å²) in [5.41, 5.74) is 0.982. The van der Waals surface area contributed by atoms with E-state index < -0.39 is 17.5 Å². The molecule has 0 fully saturated rings. The Kier molecular flexibility index (Phi) is 6.59. The predicted molar refractivity (Wildman–Crippen MR) is 100 cm³/mol. The lowest BCUT2D eigenvalue weighted by atomic mass is 10.2. The average Bonchev–Trinajstić information content (AvgIpc) is 3.02. The molecule has 0 amide bonds. The maximum absolute atomic E-state index is 12.1. The van der Waals surface area contributed by atoms with Gasteiger partial charge in [0.05, 0.1) is 24.6 Å². The van der Waals surface area contributed by atoms with Gasteiger partial charge in [0, 0.05) is 12.3 Å². The molecule has 1 aromatic heterocycles. The van der Waals surface area contributed by atoms with Gasteiger partial charge in [-0.15, -0.1) is 0 Å². The first kappa shape index (κ1) is 20.0. The first-order valence-electron chi connectivity index (χ1n) is 8.47. The molecule has 0 radical (unpaired) electrons. The molecule has 144 valence electrons.